The summed E-state index contributed by atoms with van der Waals surface area (Å²) in [6, 6.07) is 5.86. The van der Waals surface area contributed by atoms with Crippen LogP contribution in [0.1, 0.15) is 133 Å². The fourth-order valence-electron chi connectivity index (χ4n) is 7.14. The highest BCUT2D eigenvalue weighted by molar-refractivity contribution is 7.09. The predicted molar refractivity (Wildman–Crippen MR) is 206 cm³/mol. The van der Waals surface area contributed by atoms with Crippen LogP contribution in [0.25, 0.3) is 0 Å². The van der Waals surface area contributed by atoms with Crippen molar-refractivity contribution in [3.63, 3.8) is 0 Å². The molecule has 4 N–H and O–H groups in total. The second kappa shape index (κ2) is 20.8. The number of likely N-dealkylation sites (N-methyl/N-ethyl adjacent to an activating group) is 1. The molecule has 1 heterocycles. The van der Waals surface area contributed by atoms with Crippen molar-refractivity contribution in [3.05, 3.63) is 51.5 Å². The van der Waals surface area contributed by atoms with Crippen LogP contribution in [0.2, 0.25) is 0 Å². The Labute approximate surface area is 315 Å². The van der Waals surface area contributed by atoms with Crippen LogP contribution in [0, 0.1) is 17.8 Å². The maximum absolute atomic E-state index is 14.6. The lowest BCUT2D eigenvalue weighted by atomic mass is 9.80. The van der Waals surface area contributed by atoms with Gasteiger partial charge in [0.25, 0.3) is 5.91 Å². The highest BCUT2D eigenvalue weighted by Crippen LogP contribution is 2.34. The number of thiazole rings is 1. The topological polar surface area (TPSA) is 150 Å². The molecule has 0 fully saturated rings. The van der Waals surface area contributed by atoms with Gasteiger partial charge >= 0.3 is 5.97 Å². The number of carbonyl (C=O) groups is 4. The Morgan fingerprint density at radius 1 is 1.00 bits per heavy atom. The zero-order valence-electron chi connectivity index (χ0n) is 32.7. The summed E-state index contributed by atoms with van der Waals surface area (Å²) in [5.41, 5.74) is 1.99. The van der Waals surface area contributed by atoms with Crippen molar-refractivity contribution in [3.8, 4) is 0 Å². The highest BCUT2D eigenvalue weighted by atomic mass is 32.1. The standard InChI is InChI=1S/C40H63N5O6S/c1-10-18-45(39(48)35(26(8)13-4)44-37(47)34(41-9)25(7)12-3)32(24(5)6)22-33(51-19-11-2)38-43-31(23-52-38)36(46)42-28-20-27-16-14-15-17-29(27)30(21-28)40(49)50/h14-17,23-26,28,30,32-35,41H,10-13,18-22H2,1-9H3,(H,42,46)(H,44,47)(H,49,50)/t25-,26-,28?,30+,32+,33+,34+,35-/m0/s1. The van der Waals surface area contributed by atoms with Gasteiger partial charge in [0.15, 0.2) is 0 Å². The van der Waals surface area contributed by atoms with Crippen LogP contribution in [0.15, 0.2) is 29.6 Å². The first-order chi connectivity index (χ1) is 24.8. The molecule has 1 unspecified atom stereocenters. The lowest BCUT2D eigenvalue weighted by molar-refractivity contribution is -0.142. The molecule has 12 heteroatoms. The third kappa shape index (κ3) is 11.1. The number of nitrogens with zero attached hydrogens (tertiary/aromatic N) is 2. The number of amides is 3. The minimum atomic E-state index is -0.903. The minimum Gasteiger partial charge on any atom is -0.481 e. The number of ether oxygens (including phenoxy) is 1. The first-order valence-electron chi connectivity index (χ1n) is 19.3. The van der Waals surface area contributed by atoms with Gasteiger partial charge in [0.2, 0.25) is 11.8 Å². The summed E-state index contributed by atoms with van der Waals surface area (Å²) in [7, 11) is 1.78. The molecule has 0 saturated carbocycles. The number of carbonyl (C=O) groups excluding carboxylic acids is 3. The van der Waals surface area contributed by atoms with Crippen molar-refractivity contribution >= 4 is 35.0 Å². The number of nitrogens with one attached hydrogen (secondary N) is 3. The van der Waals surface area contributed by atoms with Gasteiger partial charge in [-0.1, -0.05) is 92.5 Å². The Balaban J connectivity index is 1.86. The maximum Gasteiger partial charge on any atom is 0.311 e. The first kappa shape index (κ1) is 43.1. The average molecular weight is 742 g/mol. The lowest BCUT2D eigenvalue weighted by Crippen LogP contribution is -2.59. The van der Waals surface area contributed by atoms with E-state index < -0.39 is 30.1 Å². The van der Waals surface area contributed by atoms with E-state index in [1.165, 1.54) is 11.3 Å². The summed E-state index contributed by atoms with van der Waals surface area (Å²) >= 11 is 1.35. The molecule has 1 aromatic heterocycles. The second-order valence-electron chi connectivity index (χ2n) is 14.7. The molecule has 52 heavy (non-hydrogen) atoms. The Morgan fingerprint density at radius 2 is 1.67 bits per heavy atom. The van der Waals surface area contributed by atoms with Crippen molar-refractivity contribution in [2.24, 2.45) is 17.8 Å². The van der Waals surface area contributed by atoms with E-state index in [1.54, 1.807) is 12.4 Å². The van der Waals surface area contributed by atoms with E-state index in [1.807, 2.05) is 56.9 Å². The van der Waals surface area contributed by atoms with Gasteiger partial charge in [-0.05, 0) is 61.6 Å². The molecule has 0 spiro atoms. The maximum atomic E-state index is 14.6. The molecule has 290 valence electrons. The van der Waals surface area contributed by atoms with E-state index in [-0.39, 0.29) is 53.3 Å². The third-order valence-electron chi connectivity index (χ3n) is 10.6. The Hall–Kier alpha value is -3.35. The lowest BCUT2D eigenvalue weighted by Gasteiger charge is -2.39. The summed E-state index contributed by atoms with van der Waals surface area (Å²) in [6.45, 7) is 17.4. The zero-order chi connectivity index (χ0) is 38.5. The van der Waals surface area contributed by atoms with Crippen LogP contribution >= 0.6 is 11.3 Å². The second-order valence-corrected chi connectivity index (χ2v) is 15.6. The average Bonchev–Trinajstić information content (AvgIpc) is 3.63. The zero-order valence-corrected chi connectivity index (χ0v) is 33.6. The van der Waals surface area contributed by atoms with Gasteiger partial charge in [-0.2, -0.15) is 0 Å². The number of fused-ring (bicyclic) bond motifs is 1. The van der Waals surface area contributed by atoms with Crippen molar-refractivity contribution in [2.45, 2.75) is 137 Å². The van der Waals surface area contributed by atoms with Crippen LogP contribution in [-0.4, -0.2) is 83.0 Å². The van der Waals surface area contributed by atoms with E-state index in [2.05, 4.69) is 43.6 Å². The molecule has 0 radical (unpaired) electrons. The predicted octanol–water partition coefficient (Wildman–Crippen LogP) is 6.34. The molecule has 1 aliphatic carbocycles. The molecule has 1 aromatic carbocycles. The number of hydrogen-bond donors (Lipinski definition) is 4. The summed E-state index contributed by atoms with van der Waals surface area (Å²) in [5, 5.41) is 21.6. The van der Waals surface area contributed by atoms with Gasteiger partial charge in [0.05, 0.1) is 12.0 Å². The quantitative estimate of drug-likeness (QED) is 0.116. The van der Waals surface area contributed by atoms with Crippen molar-refractivity contribution in [2.75, 3.05) is 20.2 Å². The first-order valence-corrected chi connectivity index (χ1v) is 20.2. The van der Waals surface area contributed by atoms with Gasteiger partial charge < -0.3 is 30.7 Å². The molecule has 1 aliphatic rings. The van der Waals surface area contributed by atoms with Crippen molar-refractivity contribution < 1.29 is 29.0 Å². The summed E-state index contributed by atoms with van der Waals surface area (Å²) in [6.07, 6.45) is 3.97. The SMILES string of the molecule is CCCO[C@H](C[C@H](C(C)C)N(CCC)C(=O)[C@@H](NC(=O)[C@H](NC)[C@@H](C)CC)[C@@H](C)CC)c1nc(C(=O)NC2Cc3ccccc3[C@H](C(=O)O)C2)cs1. The summed E-state index contributed by atoms with van der Waals surface area (Å²) in [5.74, 6) is -2.10. The summed E-state index contributed by atoms with van der Waals surface area (Å²) < 4.78 is 6.40. The van der Waals surface area contributed by atoms with Crippen LogP contribution < -0.4 is 16.0 Å². The van der Waals surface area contributed by atoms with E-state index in [0.29, 0.717) is 37.4 Å². The minimum absolute atomic E-state index is 0.0702. The van der Waals surface area contributed by atoms with Gasteiger partial charge in [0, 0.05) is 37.0 Å². The van der Waals surface area contributed by atoms with E-state index in [9.17, 15) is 24.3 Å². The number of rotatable bonds is 21. The monoisotopic (exact) mass is 741 g/mol. The Bertz CT molecular complexity index is 1470. The van der Waals surface area contributed by atoms with E-state index in [4.69, 9.17) is 9.72 Å². The van der Waals surface area contributed by atoms with E-state index in [0.717, 1.165) is 36.8 Å². The number of carboxylic acid groups (broad SMARTS) is 1. The highest BCUT2D eigenvalue weighted by Gasteiger charge is 2.38. The molecule has 3 amide bonds. The molecule has 0 saturated heterocycles. The largest absolute Gasteiger partial charge is 0.481 e. The van der Waals surface area contributed by atoms with Gasteiger partial charge in [-0.15, -0.1) is 11.3 Å². The molecular formula is C40H63N5O6S. The molecule has 0 bridgehead atoms. The number of aromatic nitrogens is 1. The number of carboxylic acids is 1. The fraction of sp³-hybridized carbons (Fsp3) is 0.675. The summed E-state index contributed by atoms with van der Waals surface area (Å²) in [4.78, 5) is 60.4. The van der Waals surface area contributed by atoms with Gasteiger partial charge in [-0.3, -0.25) is 19.2 Å². The molecule has 3 rings (SSSR count). The number of benzene rings is 1. The Morgan fingerprint density at radius 3 is 2.27 bits per heavy atom. The number of hydrogen-bond acceptors (Lipinski definition) is 8. The van der Waals surface area contributed by atoms with E-state index >= 15 is 0 Å². The van der Waals surface area contributed by atoms with Crippen LogP contribution in [0.4, 0.5) is 0 Å². The van der Waals surface area contributed by atoms with Crippen LogP contribution in [0.3, 0.4) is 0 Å². The van der Waals surface area contributed by atoms with Crippen LogP contribution in [0.5, 0.6) is 0 Å². The Kier molecular flexibility index (Phi) is 17.2. The van der Waals surface area contributed by atoms with Crippen LogP contribution in [-0.2, 0) is 25.5 Å². The normalized spacial score (nSPS) is 19.1. The number of aliphatic carboxylic acids is 1. The third-order valence-corrected chi connectivity index (χ3v) is 11.5. The van der Waals surface area contributed by atoms with Gasteiger partial charge in [0.1, 0.15) is 22.8 Å². The van der Waals surface area contributed by atoms with Crippen molar-refractivity contribution in [1.29, 1.82) is 0 Å². The molecule has 2 aromatic rings. The smallest absolute Gasteiger partial charge is 0.311 e. The fourth-order valence-corrected chi connectivity index (χ4v) is 8.00. The molecular weight excluding hydrogens is 679 g/mol. The molecule has 0 aliphatic heterocycles. The molecule has 11 nitrogen and oxygen atoms in total. The van der Waals surface area contributed by atoms with Crippen molar-refractivity contribution in [1.82, 2.24) is 25.8 Å². The van der Waals surface area contributed by atoms with Gasteiger partial charge in [-0.25, -0.2) is 4.98 Å². The molecule has 8 atom stereocenters.